The van der Waals surface area contributed by atoms with Crippen LogP contribution in [0.3, 0.4) is 0 Å². The van der Waals surface area contributed by atoms with E-state index in [9.17, 15) is 8.42 Å². The van der Waals surface area contributed by atoms with Gasteiger partial charge in [0.15, 0.2) is 0 Å². The van der Waals surface area contributed by atoms with Gasteiger partial charge in [-0.15, -0.1) is 0 Å². The third-order valence-corrected chi connectivity index (χ3v) is 4.98. The lowest BCUT2D eigenvalue weighted by molar-refractivity contribution is 0.281. The van der Waals surface area contributed by atoms with Gasteiger partial charge in [0.25, 0.3) is 0 Å². The molecule has 0 saturated carbocycles. The predicted molar refractivity (Wildman–Crippen MR) is 68.0 cm³/mol. The summed E-state index contributed by atoms with van der Waals surface area (Å²) in [4.78, 5) is 0.298. The van der Waals surface area contributed by atoms with E-state index in [4.69, 9.17) is 5.73 Å². The third kappa shape index (κ3) is 2.61. The van der Waals surface area contributed by atoms with Gasteiger partial charge in [-0.2, -0.15) is 4.31 Å². The van der Waals surface area contributed by atoms with Crippen LogP contribution in [-0.4, -0.2) is 25.8 Å². The predicted octanol–water partition coefficient (Wildman–Crippen LogP) is 1.69. The maximum absolute atomic E-state index is 12.4. The number of nitrogens with two attached hydrogens (primary N) is 1. The van der Waals surface area contributed by atoms with Crippen LogP contribution < -0.4 is 5.73 Å². The standard InChI is InChI=1S/C12H18N2O2S/c1-10-4-3-7-14(9-10)17(15,16)12-6-2-5-11(13)8-12/h2,5-6,8,10H,3-4,7,9,13H2,1H3/t10-/m1/s1. The average Bonchev–Trinajstić information content (AvgIpc) is 2.29. The molecule has 1 aliphatic heterocycles. The second kappa shape index (κ2) is 4.66. The van der Waals surface area contributed by atoms with Gasteiger partial charge in [0.05, 0.1) is 4.90 Å². The van der Waals surface area contributed by atoms with Gasteiger partial charge in [0, 0.05) is 18.8 Å². The second-order valence-electron chi connectivity index (χ2n) is 4.68. The second-order valence-corrected chi connectivity index (χ2v) is 6.62. The van der Waals surface area contributed by atoms with Gasteiger partial charge < -0.3 is 5.73 Å². The molecule has 5 heteroatoms. The first-order valence-corrected chi connectivity index (χ1v) is 7.30. The summed E-state index contributed by atoms with van der Waals surface area (Å²) < 4.78 is 26.3. The number of nitrogens with zero attached hydrogens (tertiary/aromatic N) is 1. The molecular weight excluding hydrogens is 236 g/mol. The maximum Gasteiger partial charge on any atom is 0.243 e. The molecule has 0 unspecified atom stereocenters. The Morgan fingerprint density at radius 1 is 1.41 bits per heavy atom. The first kappa shape index (κ1) is 12.4. The molecule has 1 aliphatic rings. The number of hydrogen-bond acceptors (Lipinski definition) is 3. The molecule has 1 atom stereocenters. The lowest BCUT2D eigenvalue weighted by atomic mass is 10.0. The van der Waals surface area contributed by atoms with Crippen molar-refractivity contribution >= 4 is 15.7 Å². The van der Waals surface area contributed by atoms with Crippen molar-refractivity contribution in [2.45, 2.75) is 24.7 Å². The molecular formula is C12H18N2O2S. The molecule has 0 bridgehead atoms. The number of hydrogen-bond donors (Lipinski definition) is 1. The van der Waals surface area contributed by atoms with Crippen molar-refractivity contribution in [1.29, 1.82) is 0 Å². The molecule has 0 spiro atoms. The van der Waals surface area contributed by atoms with Crippen LogP contribution in [0.15, 0.2) is 29.2 Å². The highest BCUT2D eigenvalue weighted by Gasteiger charge is 2.28. The summed E-state index contributed by atoms with van der Waals surface area (Å²) in [6.45, 7) is 3.31. The van der Waals surface area contributed by atoms with Crippen LogP contribution in [-0.2, 0) is 10.0 Å². The summed E-state index contributed by atoms with van der Waals surface area (Å²) in [5, 5.41) is 0. The van der Waals surface area contributed by atoms with Crippen LogP contribution in [0, 0.1) is 5.92 Å². The van der Waals surface area contributed by atoms with Gasteiger partial charge >= 0.3 is 0 Å². The summed E-state index contributed by atoms with van der Waals surface area (Å²) in [6, 6.07) is 6.49. The SMILES string of the molecule is C[C@@H]1CCCN(S(=O)(=O)c2cccc(N)c2)C1. The number of piperidine rings is 1. The zero-order valence-corrected chi connectivity index (χ0v) is 10.8. The Kier molecular flexibility index (Phi) is 3.40. The van der Waals surface area contributed by atoms with E-state index >= 15 is 0 Å². The molecule has 17 heavy (non-hydrogen) atoms. The number of anilines is 1. The van der Waals surface area contributed by atoms with Crippen molar-refractivity contribution < 1.29 is 8.42 Å². The largest absolute Gasteiger partial charge is 0.399 e. The quantitative estimate of drug-likeness (QED) is 0.817. The van der Waals surface area contributed by atoms with Crippen LogP contribution in [0.5, 0.6) is 0 Å². The minimum atomic E-state index is -3.36. The monoisotopic (exact) mass is 254 g/mol. The van der Waals surface area contributed by atoms with Gasteiger partial charge in [-0.1, -0.05) is 13.0 Å². The van der Waals surface area contributed by atoms with Crippen molar-refractivity contribution in [1.82, 2.24) is 4.31 Å². The zero-order chi connectivity index (χ0) is 12.5. The smallest absolute Gasteiger partial charge is 0.243 e. The normalized spacial score (nSPS) is 22.5. The van der Waals surface area contributed by atoms with Gasteiger partial charge in [-0.3, -0.25) is 0 Å². The van der Waals surface area contributed by atoms with E-state index in [1.807, 2.05) is 0 Å². The molecule has 0 aliphatic carbocycles. The molecule has 2 N–H and O–H groups in total. The minimum absolute atomic E-state index is 0.298. The fraction of sp³-hybridized carbons (Fsp3) is 0.500. The van der Waals surface area contributed by atoms with Crippen molar-refractivity contribution in [3.05, 3.63) is 24.3 Å². The Bertz CT molecular complexity index is 499. The highest BCUT2D eigenvalue weighted by atomic mass is 32.2. The van der Waals surface area contributed by atoms with Crippen molar-refractivity contribution in [3.63, 3.8) is 0 Å². The molecule has 1 heterocycles. The van der Waals surface area contributed by atoms with Crippen LogP contribution in [0.4, 0.5) is 5.69 Å². The zero-order valence-electron chi connectivity index (χ0n) is 9.96. The average molecular weight is 254 g/mol. The molecule has 0 aromatic heterocycles. The van der Waals surface area contributed by atoms with E-state index < -0.39 is 10.0 Å². The molecule has 0 radical (unpaired) electrons. The van der Waals surface area contributed by atoms with E-state index in [-0.39, 0.29) is 0 Å². The van der Waals surface area contributed by atoms with Crippen molar-refractivity contribution in [2.24, 2.45) is 5.92 Å². The van der Waals surface area contributed by atoms with Gasteiger partial charge in [-0.05, 0) is 37.0 Å². The Morgan fingerprint density at radius 2 is 2.18 bits per heavy atom. The number of sulfonamides is 1. The summed E-state index contributed by atoms with van der Waals surface area (Å²) >= 11 is 0. The van der Waals surface area contributed by atoms with Gasteiger partial charge in [0.2, 0.25) is 10.0 Å². The maximum atomic E-state index is 12.4. The molecule has 1 saturated heterocycles. The molecule has 4 nitrogen and oxygen atoms in total. The number of rotatable bonds is 2. The highest BCUT2D eigenvalue weighted by molar-refractivity contribution is 7.89. The topological polar surface area (TPSA) is 63.4 Å². The van der Waals surface area contributed by atoms with Crippen LogP contribution in [0.2, 0.25) is 0 Å². The summed E-state index contributed by atoms with van der Waals surface area (Å²) in [6.07, 6.45) is 2.03. The fourth-order valence-corrected chi connectivity index (χ4v) is 3.84. The third-order valence-electron chi connectivity index (χ3n) is 3.12. The molecule has 94 valence electrons. The fourth-order valence-electron chi connectivity index (χ4n) is 2.19. The van der Waals surface area contributed by atoms with Crippen LogP contribution in [0.1, 0.15) is 19.8 Å². The van der Waals surface area contributed by atoms with E-state index in [0.717, 1.165) is 12.8 Å². The first-order chi connectivity index (χ1) is 8.00. The Hall–Kier alpha value is -1.07. The lowest BCUT2D eigenvalue weighted by Gasteiger charge is -2.30. The molecule has 1 fully saturated rings. The van der Waals surface area contributed by atoms with E-state index in [1.165, 1.54) is 6.07 Å². The van der Waals surface area contributed by atoms with Gasteiger partial charge in [0.1, 0.15) is 0 Å². The lowest BCUT2D eigenvalue weighted by Crippen LogP contribution is -2.39. The van der Waals surface area contributed by atoms with Crippen LogP contribution >= 0.6 is 0 Å². The number of benzene rings is 1. The molecule has 0 amide bonds. The Labute approximate surface area is 102 Å². The van der Waals surface area contributed by atoms with Crippen LogP contribution in [0.25, 0.3) is 0 Å². The minimum Gasteiger partial charge on any atom is -0.399 e. The molecule has 1 aromatic carbocycles. The summed E-state index contributed by atoms with van der Waals surface area (Å²) in [5.74, 6) is 0.430. The molecule has 1 aromatic rings. The van der Waals surface area contributed by atoms with E-state index in [2.05, 4.69) is 6.92 Å². The summed E-state index contributed by atoms with van der Waals surface area (Å²) in [7, 11) is -3.36. The molecule has 2 rings (SSSR count). The highest BCUT2D eigenvalue weighted by Crippen LogP contribution is 2.24. The van der Waals surface area contributed by atoms with E-state index in [0.29, 0.717) is 29.6 Å². The van der Waals surface area contributed by atoms with Gasteiger partial charge in [-0.25, -0.2) is 8.42 Å². The van der Waals surface area contributed by atoms with Crippen molar-refractivity contribution in [2.75, 3.05) is 18.8 Å². The number of nitrogen functional groups attached to an aromatic ring is 1. The summed E-state index contributed by atoms with van der Waals surface area (Å²) in [5.41, 5.74) is 6.11. The van der Waals surface area contributed by atoms with E-state index in [1.54, 1.807) is 22.5 Å². The van der Waals surface area contributed by atoms with Crippen molar-refractivity contribution in [3.8, 4) is 0 Å². The Morgan fingerprint density at radius 3 is 2.82 bits per heavy atom. The first-order valence-electron chi connectivity index (χ1n) is 5.86. The Balaban J connectivity index is 2.29.